The summed E-state index contributed by atoms with van der Waals surface area (Å²) in [5.74, 6) is -0.119. The van der Waals surface area contributed by atoms with E-state index < -0.39 is 5.41 Å². The zero-order valence-electron chi connectivity index (χ0n) is 21.2. The Bertz CT molecular complexity index is 1090. The zero-order chi connectivity index (χ0) is 25.2. The van der Waals surface area contributed by atoms with Gasteiger partial charge in [0.1, 0.15) is 0 Å². The Morgan fingerprint density at radius 2 is 1.63 bits per heavy atom. The highest BCUT2D eigenvalue weighted by Gasteiger charge is 2.46. The van der Waals surface area contributed by atoms with Gasteiger partial charge in [0.05, 0.1) is 12.0 Å². The molecule has 1 saturated heterocycles. The molecule has 1 fully saturated rings. The second-order valence-corrected chi connectivity index (χ2v) is 10.3. The second-order valence-electron chi connectivity index (χ2n) is 10.3. The van der Waals surface area contributed by atoms with Crippen LogP contribution in [0.5, 0.6) is 0 Å². The van der Waals surface area contributed by atoms with Crippen molar-refractivity contribution in [3.05, 3.63) is 65.2 Å². The highest BCUT2D eigenvalue weighted by molar-refractivity contribution is 5.95. The van der Waals surface area contributed by atoms with Crippen molar-refractivity contribution < 1.29 is 14.4 Å². The van der Waals surface area contributed by atoms with Gasteiger partial charge in [0.15, 0.2) is 0 Å². The standard InChI is InChI=1S/C28H36N4O3/c1-20(2)29-25(33)19-32-18-23-8-6-5-7-22(23)17-28(27(32)35)13-15-31(16-14-28)26(34)21-9-11-24(12-10-21)30(3)4/h5-12,20H,13-19H2,1-4H3,(H,29,33). The van der Waals surface area contributed by atoms with Gasteiger partial charge in [-0.1, -0.05) is 24.3 Å². The maximum absolute atomic E-state index is 13.9. The first-order valence-corrected chi connectivity index (χ1v) is 12.4. The summed E-state index contributed by atoms with van der Waals surface area (Å²) in [6.45, 7) is 5.36. The van der Waals surface area contributed by atoms with Crippen LogP contribution in [0.2, 0.25) is 0 Å². The number of fused-ring (bicyclic) bond motifs is 1. The predicted octanol–water partition coefficient (Wildman–Crippen LogP) is 3.08. The molecule has 0 radical (unpaired) electrons. The number of amides is 3. The molecule has 4 rings (SSSR count). The Kier molecular flexibility index (Phi) is 7.15. The highest BCUT2D eigenvalue weighted by Crippen LogP contribution is 2.40. The lowest BCUT2D eigenvalue weighted by Gasteiger charge is -2.42. The summed E-state index contributed by atoms with van der Waals surface area (Å²) >= 11 is 0. The minimum absolute atomic E-state index is 0.000190. The van der Waals surface area contributed by atoms with E-state index in [1.807, 2.05) is 80.2 Å². The average Bonchev–Trinajstić information content (AvgIpc) is 2.93. The Balaban J connectivity index is 1.53. The van der Waals surface area contributed by atoms with Crippen molar-refractivity contribution in [1.82, 2.24) is 15.1 Å². The summed E-state index contributed by atoms with van der Waals surface area (Å²) < 4.78 is 0. The summed E-state index contributed by atoms with van der Waals surface area (Å²) in [5.41, 5.74) is 3.36. The lowest BCUT2D eigenvalue weighted by atomic mass is 9.72. The summed E-state index contributed by atoms with van der Waals surface area (Å²) in [6.07, 6.45) is 1.82. The van der Waals surface area contributed by atoms with E-state index in [-0.39, 0.29) is 30.3 Å². The quantitative estimate of drug-likeness (QED) is 0.720. The largest absolute Gasteiger partial charge is 0.378 e. The summed E-state index contributed by atoms with van der Waals surface area (Å²) in [4.78, 5) is 45.2. The predicted molar refractivity (Wildman–Crippen MR) is 137 cm³/mol. The fraction of sp³-hybridized carbons (Fsp3) is 0.464. The van der Waals surface area contributed by atoms with Crippen LogP contribution in [0.25, 0.3) is 0 Å². The van der Waals surface area contributed by atoms with Crippen molar-refractivity contribution >= 4 is 23.4 Å². The van der Waals surface area contributed by atoms with Crippen LogP contribution >= 0.6 is 0 Å². The molecule has 2 aliphatic rings. The average molecular weight is 477 g/mol. The summed E-state index contributed by atoms with van der Waals surface area (Å²) in [7, 11) is 3.94. The molecule has 1 spiro atoms. The lowest BCUT2D eigenvalue weighted by Crippen LogP contribution is -2.53. The van der Waals surface area contributed by atoms with Crippen molar-refractivity contribution in [1.29, 1.82) is 0 Å². The van der Waals surface area contributed by atoms with Gasteiger partial charge in [-0.25, -0.2) is 0 Å². The van der Waals surface area contributed by atoms with Crippen LogP contribution in [-0.2, 0) is 22.6 Å². The minimum atomic E-state index is -0.601. The van der Waals surface area contributed by atoms with Crippen LogP contribution in [0.4, 0.5) is 5.69 Å². The number of benzene rings is 2. The first kappa shape index (κ1) is 24.8. The van der Waals surface area contributed by atoms with Gasteiger partial charge < -0.3 is 20.0 Å². The number of hydrogen-bond donors (Lipinski definition) is 1. The molecule has 0 bridgehead atoms. The molecule has 0 aliphatic carbocycles. The minimum Gasteiger partial charge on any atom is -0.378 e. The first-order valence-electron chi connectivity index (χ1n) is 12.4. The van der Waals surface area contributed by atoms with Crippen molar-refractivity contribution in [2.45, 2.75) is 45.7 Å². The highest BCUT2D eigenvalue weighted by atomic mass is 16.2. The maximum atomic E-state index is 13.9. The summed E-state index contributed by atoms with van der Waals surface area (Å²) in [6, 6.07) is 15.8. The zero-order valence-corrected chi connectivity index (χ0v) is 21.2. The van der Waals surface area contributed by atoms with E-state index in [9.17, 15) is 14.4 Å². The molecule has 0 saturated carbocycles. The number of carbonyl (C=O) groups is 3. The molecule has 2 heterocycles. The second kappa shape index (κ2) is 10.1. The molecule has 3 amide bonds. The van der Waals surface area contributed by atoms with Gasteiger partial charge in [-0.2, -0.15) is 0 Å². The number of piperidine rings is 1. The topological polar surface area (TPSA) is 73.0 Å². The van der Waals surface area contributed by atoms with Gasteiger partial charge in [0, 0.05) is 51.0 Å². The normalized spacial score (nSPS) is 17.2. The number of nitrogens with zero attached hydrogens (tertiary/aromatic N) is 3. The van der Waals surface area contributed by atoms with Gasteiger partial charge in [-0.15, -0.1) is 0 Å². The van der Waals surface area contributed by atoms with Crippen LogP contribution in [-0.4, -0.2) is 67.3 Å². The van der Waals surface area contributed by atoms with Gasteiger partial charge in [-0.3, -0.25) is 14.4 Å². The molecule has 1 N–H and O–H groups in total. The third kappa shape index (κ3) is 5.34. The van der Waals surface area contributed by atoms with Crippen molar-refractivity contribution in [2.75, 3.05) is 38.6 Å². The van der Waals surface area contributed by atoms with E-state index in [1.54, 1.807) is 4.90 Å². The van der Waals surface area contributed by atoms with Crippen LogP contribution in [0, 0.1) is 5.41 Å². The third-order valence-electron chi connectivity index (χ3n) is 7.17. The Morgan fingerprint density at radius 3 is 2.23 bits per heavy atom. The van der Waals surface area contributed by atoms with Gasteiger partial charge in [-0.05, 0) is 68.5 Å². The molecule has 2 aliphatic heterocycles. The van der Waals surface area contributed by atoms with E-state index >= 15 is 0 Å². The van der Waals surface area contributed by atoms with Gasteiger partial charge in [0.2, 0.25) is 11.8 Å². The molecule has 186 valence electrons. The van der Waals surface area contributed by atoms with Crippen LogP contribution in [0.3, 0.4) is 0 Å². The van der Waals surface area contributed by atoms with E-state index in [4.69, 9.17) is 0 Å². The Hall–Kier alpha value is -3.35. The summed E-state index contributed by atoms with van der Waals surface area (Å²) in [5, 5.41) is 2.91. The van der Waals surface area contributed by atoms with Crippen LogP contribution in [0.1, 0.15) is 48.2 Å². The number of hydrogen-bond acceptors (Lipinski definition) is 4. The van der Waals surface area contributed by atoms with Crippen LogP contribution in [0.15, 0.2) is 48.5 Å². The fourth-order valence-electron chi connectivity index (χ4n) is 5.22. The van der Waals surface area contributed by atoms with E-state index in [0.29, 0.717) is 44.5 Å². The fourth-order valence-corrected chi connectivity index (χ4v) is 5.22. The van der Waals surface area contributed by atoms with Gasteiger partial charge in [0.25, 0.3) is 5.91 Å². The smallest absolute Gasteiger partial charge is 0.253 e. The molecule has 2 aromatic carbocycles. The third-order valence-corrected chi connectivity index (χ3v) is 7.17. The first-order chi connectivity index (χ1) is 16.7. The van der Waals surface area contributed by atoms with E-state index in [0.717, 1.165) is 16.8 Å². The SMILES string of the molecule is CC(C)NC(=O)CN1Cc2ccccc2CC2(CCN(C(=O)c3ccc(N(C)C)cc3)CC2)C1=O. The monoisotopic (exact) mass is 476 g/mol. The maximum Gasteiger partial charge on any atom is 0.253 e. The van der Waals surface area contributed by atoms with E-state index in [2.05, 4.69) is 11.4 Å². The van der Waals surface area contributed by atoms with Crippen molar-refractivity contribution in [2.24, 2.45) is 5.41 Å². The Labute approximate surface area is 208 Å². The van der Waals surface area contributed by atoms with Crippen molar-refractivity contribution in [3.8, 4) is 0 Å². The molecular weight excluding hydrogens is 440 g/mol. The number of nitrogens with one attached hydrogen (secondary N) is 1. The molecule has 0 atom stereocenters. The van der Waals surface area contributed by atoms with Crippen LogP contribution < -0.4 is 10.2 Å². The van der Waals surface area contributed by atoms with Crippen molar-refractivity contribution in [3.63, 3.8) is 0 Å². The van der Waals surface area contributed by atoms with Gasteiger partial charge >= 0.3 is 0 Å². The molecule has 0 unspecified atom stereocenters. The molecule has 7 heteroatoms. The lowest BCUT2D eigenvalue weighted by molar-refractivity contribution is -0.147. The number of likely N-dealkylation sites (tertiary alicyclic amines) is 1. The molecule has 0 aromatic heterocycles. The van der Waals surface area contributed by atoms with E-state index in [1.165, 1.54) is 0 Å². The molecule has 7 nitrogen and oxygen atoms in total. The molecular formula is C28H36N4O3. The molecule has 2 aromatic rings. The Morgan fingerprint density at radius 1 is 1.00 bits per heavy atom. The number of carbonyl (C=O) groups excluding carboxylic acids is 3. The molecule has 35 heavy (non-hydrogen) atoms. The number of rotatable bonds is 5. The number of anilines is 1.